The van der Waals surface area contributed by atoms with Crippen LogP contribution in [0.3, 0.4) is 0 Å². The Bertz CT molecular complexity index is 462. The highest BCUT2D eigenvalue weighted by molar-refractivity contribution is 6.30. The van der Waals surface area contributed by atoms with E-state index in [2.05, 4.69) is 15.5 Å². The molecular weight excluding hydrogens is 278 g/mol. The molecule has 6 heteroatoms. The van der Waals surface area contributed by atoms with Crippen LogP contribution in [0.25, 0.3) is 0 Å². The standard InChI is InChI=1S/C14H20ClN3O2/c1-11-10-12(15)2-3-13(11)17-14(19)16-4-5-18-6-8-20-9-7-18/h2-3,10H,4-9H2,1H3,(H2,16,17,19). The molecule has 1 aromatic rings. The number of halogens is 1. The maximum Gasteiger partial charge on any atom is 0.319 e. The van der Waals surface area contributed by atoms with Gasteiger partial charge in [-0.3, -0.25) is 4.90 Å². The second kappa shape index (κ2) is 7.47. The second-order valence-electron chi connectivity index (χ2n) is 4.79. The minimum absolute atomic E-state index is 0.191. The molecule has 0 radical (unpaired) electrons. The van der Waals surface area contributed by atoms with E-state index >= 15 is 0 Å². The first-order chi connectivity index (χ1) is 9.65. The van der Waals surface area contributed by atoms with Gasteiger partial charge in [-0.05, 0) is 30.7 Å². The molecule has 0 spiro atoms. The van der Waals surface area contributed by atoms with Crippen LogP contribution in [0.5, 0.6) is 0 Å². The normalized spacial score (nSPS) is 15.9. The monoisotopic (exact) mass is 297 g/mol. The van der Waals surface area contributed by atoms with E-state index < -0.39 is 0 Å². The Kier molecular flexibility index (Phi) is 5.64. The van der Waals surface area contributed by atoms with Gasteiger partial charge in [0.15, 0.2) is 0 Å². The van der Waals surface area contributed by atoms with E-state index in [0.717, 1.165) is 44.1 Å². The lowest BCUT2D eigenvalue weighted by Gasteiger charge is -2.26. The molecular formula is C14H20ClN3O2. The minimum Gasteiger partial charge on any atom is -0.379 e. The highest BCUT2D eigenvalue weighted by Gasteiger charge is 2.10. The van der Waals surface area contributed by atoms with Crippen molar-refractivity contribution >= 4 is 23.3 Å². The number of rotatable bonds is 4. The molecule has 2 rings (SSSR count). The number of amides is 2. The zero-order chi connectivity index (χ0) is 14.4. The zero-order valence-electron chi connectivity index (χ0n) is 11.6. The summed E-state index contributed by atoms with van der Waals surface area (Å²) in [5.41, 5.74) is 1.72. The van der Waals surface area contributed by atoms with Crippen molar-refractivity contribution in [3.05, 3.63) is 28.8 Å². The van der Waals surface area contributed by atoms with E-state index in [9.17, 15) is 4.79 Å². The minimum atomic E-state index is -0.191. The summed E-state index contributed by atoms with van der Waals surface area (Å²) >= 11 is 5.88. The molecule has 0 saturated carbocycles. The Morgan fingerprint density at radius 3 is 2.85 bits per heavy atom. The fraction of sp³-hybridized carbons (Fsp3) is 0.500. The fourth-order valence-electron chi connectivity index (χ4n) is 2.09. The fourth-order valence-corrected chi connectivity index (χ4v) is 2.31. The Labute approximate surface area is 124 Å². The highest BCUT2D eigenvalue weighted by atomic mass is 35.5. The van der Waals surface area contributed by atoms with Gasteiger partial charge in [-0.15, -0.1) is 0 Å². The van der Waals surface area contributed by atoms with E-state index in [1.807, 2.05) is 13.0 Å². The van der Waals surface area contributed by atoms with Gasteiger partial charge in [0, 0.05) is 36.9 Å². The van der Waals surface area contributed by atoms with Crippen molar-refractivity contribution in [2.24, 2.45) is 0 Å². The van der Waals surface area contributed by atoms with E-state index in [-0.39, 0.29) is 6.03 Å². The van der Waals surface area contributed by atoms with Crippen molar-refractivity contribution in [2.45, 2.75) is 6.92 Å². The van der Waals surface area contributed by atoms with E-state index in [4.69, 9.17) is 16.3 Å². The molecule has 0 unspecified atom stereocenters. The van der Waals surface area contributed by atoms with Gasteiger partial charge in [-0.2, -0.15) is 0 Å². The Morgan fingerprint density at radius 2 is 2.15 bits per heavy atom. The van der Waals surface area contributed by atoms with Crippen LogP contribution in [0.2, 0.25) is 5.02 Å². The number of morpholine rings is 1. The average Bonchev–Trinajstić information content (AvgIpc) is 2.43. The van der Waals surface area contributed by atoms with Gasteiger partial charge in [0.25, 0.3) is 0 Å². The first-order valence-corrected chi connectivity index (χ1v) is 7.14. The molecule has 1 saturated heterocycles. The van der Waals surface area contributed by atoms with Crippen molar-refractivity contribution in [1.82, 2.24) is 10.2 Å². The molecule has 1 aromatic carbocycles. The number of anilines is 1. The van der Waals surface area contributed by atoms with Crippen molar-refractivity contribution in [3.8, 4) is 0 Å². The Balaban J connectivity index is 1.72. The average molecular weight is 298 g/mol. The number of ether oxygens (including phenoxy) is 1. The lowest BCUT2D eigenvalue weighted by atomic mass is 10.2. The molecule has 1 aliphatic rings. The third kappa shape index (κ3) is 4.67. The molecule has 5 nitrogen and oxygen atoms in total. The molecule has 2 N–H and O–H groups in total. The summed E-state index contributed by atoms with van der Waals surface area (Å²) < 4.78 is 5.28. The third-order valence-corrected chi connectivity index (χ3v) is 3.49. The van der Waals surface area contributed by atoms with Gasteiger partial charge in [-0.1, -0.05) is 11.6 Å². The van der Waals surface area contributed by atoms with Crippen LogP contribution in [-0.4, -0.2) is 50.3 Å². The molecule has 2 amide bonds. The molecule has 0 bridgehead atoms. The van der Waals surface area contributed by atoms with Gasteiger partial charge in [0.05, 0.1) is 13.2 Å². The summed E-state index contributed by atoms with van der Waals surface area (Å²) in [5.74, 6) is 0. The number of carbonyl (C=O) groups excluding carboxylic acids is 1. The summed E-state index contributed by atoms with van der Waals surface area (Å²) in [6.07, 6.45) is 0. The number of benzene rings is 1. The molecule has 0 aromatic heterocycles. The van der Waals surface area contributed by atoms with Gasteiger partial charge in [0.2, 0.25) is 0 Å². The van der Waals surface area contributed by atoms with Gasteiger partial charge in [-0.25, -0.2) is 4.79 Å². The Morgan fingerprint density at radius 1 is 1.40 bits per heavy atom. The van der Waals surface area contributed by atoms with E-state index in [1.54, 1.807) is 12.1 Å². The van der Waals surface area contributed by atoms with Crippen LogP contribution >= 0.6 is 11.6 Å². The molecule has 1 fully saturated rings. The summed E-state index contributed by atoms with van der Waals surface area (Å²) in [7, 11) is 0. The van der Waals surface area contributed by atoms with E-state index in [0.29, 0.717) is 11.6 Å². The van der Waals surface area contributed by atoms with Gasteiger partial charge in [0.1, 0.15) is 0 Å². The molecule has 110 valence electrons. The molecule has 1 aliphatic heterocycles. The Hall–Kier alpha value is -1.30. The summed E-state index contributed by atoms with van der Waals surface area (Å²) in [5, 5.41) is 6.35. The molecule has 1 heterocycles. The van der Waals surface area contributed by atoms with Crippen LogP contribution in [0.4, 0.5) is 10.5 Å². The lowest BCUT2D eigenvalue weighted by Crippen LogP contribution is -2.42. The first-order valence-electron chi connectivity index (χ1n) is 6.76. The topological polar surface area (TPSA) is 53.6 Å². The number of carbonyl (C=O) groups is 1. The van der Waals surface area contributed by atoms with Crippen LogP contribution in [0, 0.1) is 6.92 Å². The third-order valence-electron chi connectivity index (χ3n) is 3.25. The van der Waals surface area contributed by atoms with E-state index in [1.165, 1.54) is 0 Å². The van der Waals surface area contributed by atoms with Crippen molar-refractivity contribution in [1.29, 1.82) is 0 Å². The molecule has 0 aliphatic carbocycles. The van der Waals surface area contributed by atoms with Crippen molar-refractivity contribution < 1.29 is 9.53 Å². The smallest absolute Gasteiger partial charge is 0.319 e. The summed E-state index contributed by atoms with van der Waals surface area (Å²) in [6.45, 7) is 6.79. The van der Waals surface area contributed by atoms with Gasteiger partial charge >= 0.3 is 6.03 Å². The van der Waals surface area contributed by atoms with Crippen molar-refractivity contribution in [3.63, 3.8) is 0 Å². The SMILES string of the molecule is Cc1cc(Cl)ccc1NC(=O)NCCN1CCOCC1. The number of aryl methyl sites for hydroxylation is 1. The first kappa shape index (κ1) is 15.1. The predicted molar refractivity (Wildman–Crippen MR) is 80.5 cm³/mol. The van der Waals surface area contributed by atoms with Crippen LogP contribution in [-0.2, 0) is 4.74 Å². The van der Waals surface area contributed by atoms with Crippen LogP contribution in [0.15, 0.2) is 18.2 Å². The van der Waals surface area contributed by atoms with Crippen LogP contribution in [0.1, 0.15) is 5.56 Å². The molecule has 0 atom stereocenters. The maximum absolute atomic E-state index is 11.8. The number of nitrogens with one attached hydrogen (secondary N) is 2. The van der Waals surface area contributed by atoms with Gasteiger partial charge < -0.3 is 15.4 Å². The van der Waals surface area contributed by atoms with Crippen LogP contribution < -0.4 is 10.6 Å². The predicted octanol–water partition coefficient (Wildman–Crippen LogP) is 2.10. The second-order valence-corrected chi connectivity index (χ2v) is 5.23. The quantitative estimate of drug-likeness (QED) is 0.895. The summed E-state index contributed by atoms with van der Waals surface area (Å²) in [6, 6.07) is 5.20. The number of hydrogen-bond donors (Lipinski definition) is 2. The number of hydrogen-bond acceptors (Lipinski definition) is 3. The van der Waals surface area contributed by atoms with Crippen molar-refractivity contribution in [2.75, 3.05) is 44.7 Å². The largest absolute Gasteiger partial charge is 0.379 e. The maximum atomic E-state index is 11.8. The highest BCUT2D eigenvalue weighted by Crippen LogP contribution is 2.19. The number of nitrogens with zero attached hydrogens (tertiary/aromatic N) is 1. The lowest BCUT2D eigenvalue weighted by molar-refractivity contribution is 0.0388. The summed E-state index contributed by atoms with van der Waals surface area (Å²) in [4.78, 5) is 14.1. The molecule has 20 heavy (non-hydrogen) atoms. The zero-order valence-corrected chi connectivity index (χ0v) is 12.4. The number of urea groups is 1.